The minimum absolute atomic E-state index is 0.0653. The van der Waals surface area contributed by atoms with Crippen LogP contribution in [0.15, 0.2) is 6.33 Å². The fourth-order valence-electron chi connectivity index (χ4n) is 3.56. The molecular weight excluding hydrogens is 366 g/mol. The number of nitrogens with one attached hydrogen (secondary N) is 1. The van der Waals surface area contributed by atoms with Crippen molar-refractivity contribution in [3.63, 3.8) is 0 Å². The van der Waals surface area contributed by atoms with Crippen LogP contribution in [0.5, 0.6) is 0 Å². The summed E-state index contributed by atoms with van der Waals surface area (Å²) in [5.74, 6) is 0.633. The van der Waals surface area contributed by atoms with E-state index in [1.54, 1.807) is 0 Å². The largest absolute Gasteiger partial charge is 0.395 e. The van der Waals surface area contributed by atoms with Gasteiger partial charge in [-0.05, 0) is 13.0 Å². The van der Waals surface area contributed by atoms with E-state index in [1.165, 1.54) is 6.33 Å². The number of morpholine rings is 1. The zero-order valence-corrected chi connectivity index (χ0v) is 16.1. The number of aromatic nitrogens is 2. The summed E-state index contributed by atoms with van der Waals surface area (Å²) in [4.78, 5) is 26.0. The van der Waals surface area contributed by atoms with E-state index in [0.717, 1.165) is 52.4 Å². The normalized spacial score (nSPS) is 19.0. The summed E-state index contributed by atoms with van der Waals surface area (Å²) >= 11 is 0. The number of β-amino-alcohol motifs (C(OH)–C–C–N with tert-alkyl or cyclic N) is 1. The van der Waals surface area contributed by atoms with Crippen molar-refractivity contribution in [2.45, 2.75) is 6.42 Å². The Balaban J connectivity index is 1.59. The predicted octanol–water partition coefficient (Wildman–Crippen LogP) is -0.367. The van der Waals surface area contributed by atoms with Gasteiger partial charge in [0.15, 0.2) is 0 Å². The quantitative estimate of drug-likeness (QED) is 0.326. The SMILES string of the molecule is O=[N+]([O-])c1c(NCCCN2CCOCC2)ncnc1N1CCN(CCO)CC1. The van der Waals surface area contributed by atoms with E-state index in [1.807, 2.05) is 4.90 Å². The average molecular weight is 395 g/mol. The molecule has 0 radical (unpaired) electrons. The van der Waals surface area contributed by atoms with Crippen molar-refractivity contribution in [3.05, 3.63) is 16.4 Å². The van der Waals surface area contributed by atoms with Crippen molar-refractivity contribution in [2.24, 2.45) is 0 Å². The Hall–Kier alpha value is -2.08. The Morgan fingerprint density at radius 3 is 2.50 bits per heavy atom. The van der Waals surface area contributed by atoms with Crippen LogP contribution in [0.1, 0.15) is 6.42 Å². The molecule has 0 aliphatic carbocycles. The van der Waals surface area contributed by atoms with Gasteiger partial charge < -0.3 is 20.1 Å². The van der Waals surface area contributed by atoms with E-state index >= 15 is 0 Å². The van der Waals surface area contributed by atoms with Gasteiger partial charge in [0.2, 0.25) is 11.6 Å². The van der Waals surface area contributed by atoms with Crippen LogP contribution in [0.2, 0.25) is 0 Å². The number of anilines is 2. The van der Waals surface area contributed by atoms with Gasteiger partial charge in [0, 0.05) is 52.4 Å². The maximum absolute atomic E-state index is 11.7. The fraction of sp³-hybridized carbons (Fsp3) is 0.765. The highest BCUT2D eigenvalue weighted by atomic mass is 16.6. The lowest BCUT2D eigenvalue weighted by atomic mass is 10.3. The van der Waals surface area contributed by atoms with Crippen molar-refractivity contribution in [1.82, 2.24) is 19.8 Å². The number of hydrogen-bond acceptors (Lipinski definition) is 10. The first-order valence-electron chi connectivity index (χ1n) is 9.80. The fourth-order valence-corrected chi connectivity index (χ4v) is 3.56. The molecule has 0 bridgehead atoms. The minimum Gasteiger partial charge on any atom is -0.395 e. The molecule has 2 saturated heterocycles. The molecule has 0 aromatic carbocycles. The molecule has 1 aromatic heterocycles. The Morgan fingerprint density at radius 2 is 1.82 bits per heavy atom. The van der Waals surface area contributed by atoms with Crippen LogP contribution in [0, 0.1) is 10.1 Å². The van der Waals surface area contributed by atoms with Crippen molar-refractivity contribution in [2.75, 3.05) is 88.9 Å². The molecule has 11 nitrogen and oxygen atoms in total. The summed E-state index contributed by atoms with van der Waals surface area (Å²) in [7, 11) is 0. The standard InChI is InChI=1S/C17H29N7O4/c25-11-8-22-4-6-23(7-5-22)17-15(24(26)27)16(19-14-20-17)18-2-1-3-21-9-12-28-13-10-21/h14,25H,1-13H2,(H,18,19,20). The summed E-state index contributed by atoms with van der Waals surface area (Å²) in [5, 5.41) is 23.9. The van der Waals surface area contributed by atoms with Gasteiger partial charge in [0.25, 0.3) is 0 Å². The average Bonchev–Trinajstić information content (AvgIpc) is 2.72. The molecule has 28 heavy (non-hydrogen) atoms. The third kappa shape index (κ3) is 5.47. The first-order valence-corrected chi connectivity index (χ1v) is 9.80. The first-order chi connectivity index (χ1) is 13.7. The zero-order valence-electron chi connectivity index (χ0n) is 16.1. The lowest BCUT2D eigenvalue weighted by Gasteiger charge is -2.34. The molecule has 3 heterocycles. The molecule has 2 N–H and O–H groups in total. The van der Waals surface area contributed by atoms with Gasteiger partial charge in [-0.2, -0.15) is 0 Å². The van der Waals surface area contributed by atoms with Crippen LogP contribution in [0.4, 0.5) is 17.3 Å². The molecule has 11 heteroatoms. The van der Waals surface area contributed by atoms with Crippen molar-refractivity contribution < 1.29 is 14.8 Å². The van der Waals surface area contributed by atoms with Crippen molar-refractivity contribution in [3.8, 4) is 0 Å². The highest BCUT2D eigenvalue weighted by molar-refractivity contribution is 5.70. The molecule has 0 spiro atoms. The first kappa shape index (κ1) is 20.6. The summed E-state index contributed by atoms with van der Waals surface area (Å²) in [6.45, 7) is 8.41. The Bertz CT molecular complexity index is 634. The van der Waals surface area contributed by atoms with E-state index in [-0.39, 0.29) is 18.1 Å². The second kappa shape index (κ2) is 10.5. The monoisotopic (exact) mass is 395 g/mol. The minimum atomic E-state index is -0.403. The smallest absolute Gasteiger partial charge is 0.353 e. The van der Waals surface area contributed by atoms with Crippen LogP contribution in [0.3, 0.4) is 0 Å². The summed E-state index contributed by atoms with van der Waals surface area (Å²) < 4.78 is 5.34. The van der Waals surface area contributed by atoms with Crippen LogP contribution in [0.25, 0.3) is 0 Å². The van der Waals surface area contributed by atoms with Crippen molar-refractivity contribution >= 4 is 17.3 Å². The maximum Gasteiger partial charge on any atom is 0.353 e. The molecule has 2 aliphatic heterocycles. The molecular formula is C17H29N7O4. The lowest BCUT2D eigenvalue weighted by Crippen LogP contribution is -2.47. The van der Waals surface area contributed by atoms with Gasteiger partial charge in [0.1, 0.15) is 6.33 Å². The number of piperazine rings is 1. The van der Waals surface area contributed by atoms with Gasteiger partial charge in [0.05, 0.1) is 24.7 Å². The highest BCUT2D eigenvalue weighted by Gasteiger charge is 2.29. The van der Waals surface area contributed by atoms with Gasteiger partial charge in [-0.15, -0.1) is 0 Å². The third-order valence-electron chi connectivity index (χ3n) is 5.12. The van der Waals surface area contributed by atoms with Crippen LogP contribution >= 0.6 is 0 Å². The van der Waals surface area contributed by atoms with Crippen molar-refractivity contribution in [1.29, 1.82) is 0 Å². The van der Waals surface area contributed by atoms with Gasteiger partial charge in [-0.3, -0.25) is 19.9 Å². The number of nitrogens with zero attached hydrogens (tertiary/aromatic N) is 6. The lowest BCUT2D eigenvalue weighted by molar-refractivity contribution is -0.383. The maximum atomic E-state index is 11.7. The summed E-state index contributed by atoms with van der Waals surface area (Å²) in [6, 6.07) is 0. The third-order valence-corrected chi connectivity index (χ3v) is 5.12. The molecule has 0 atom stereocenters. The molecule has 0 amide bonds. The topological polar surface area (TPSA) is 120 Å². The van der Waals surface area contributed by atoms with E-state index in [0.29, 0.717) is 32.0 Å². The Kier molecular flexibility index (Phi) is 7.71. The molecule has 0 saturated carbocycles. The number of ether oxygens (including phenoxy) is 1. The molecule has 0 unspecified atom stereocenters. The number of hydrogen-bond donors (Lipinski definition) is 2. The molecule has 2 fully saturated rings. The zero-order chi connectivity index (χ0) is 19.8. The highest BCUT2D eigenvalue weighted by Crippen LogP contribution is 2.32. The summed E-state index contributed by atoms with van der Waals surface area (Å²) in [5.41, 5.74) is -0.0653. The second-order valence-electron chi connectivity index (χ2n) is 6.94. The second-order valence-corrected chi connectivity index (χ2v) is 6.94. The molecule has 156 valence electrons. The number of rotatable bonds is 9. The van der Waals surface area contributed by atoms with Crippen LogP contribution < -0.4 is 10.2 Å². The van der Waals surface area contributed by atoms with Crippen LogP contribution in [-0.4, -0.2) is 109 Å². The van der Waals surface area contributed by atoms with Gasteiger partial charge >= 0.3 is 5.69 Å². The van der Waals surface area contributed by atoms with E-state index in [2.05, 4.69) is 25.1 Å². The summed E-state index contributed by atoms with van der Waals surface area (Å²) in [6.07, 6.45) is 2.25. The van der Waals surface area contributed by atoms with Gasteiger partial charge in [-0.25, -0.2) is 9.97 Å². The molecule has 3 rings (SSSR count). The van der Waals surface area contributed by atoms with Crippen LogP contribution in [-0.2, 0) is 4.74 Å². The van der Waals surface area contributed by atoms with Gasteiger partial charge in [-0.1, -0.05) is 0 Å². The number of nitro groups is 1. The van der Waals surface area contributed by atoms with E-state index in [4.69, 9.17) is 9.84 Å². The molecule has 2 aliphatic rings. The Labute approximate surface area is 164 Å². The Morgan fingerprint density at radius 1 is 1.11 bits per heavy atom. The van der Waals surface area contributed by atoms with E-state index in [9.17, 15) is 10.1 Å². The molecule has 1 aromatic rings. The predicted molar refractivity (Wildman–Crippen MR) is 105 cm³/mol. The van der Waals surface area contributed by atoms with E-state index < -0.39 is 4.92 Å². The number of aliphatic hydroxyl groups excluding tert-OH is 1. The number of aliphatic hydroxyl groups is 1.